The van der Waals surface area contributed by atoms with Gasteiger partial charge in [-0.3, -0.25) is 0 Å². The first-order valence-electron chi connectivity index (χ1n) is 6.64. The van der Waals surface area contributed by atoms with E-state index in [0.717, 1.165) is 29.3 Å². The van der Waals surface area contributed by atoms with E-state index in [2.05, 4.69) is 23.3 Å². The van der Waals surface area contributed by atoms with Crippen LogP contribution in [-0.2, 0) is 6.54 Å². The number of hydrogen-bond donors (Lipinski definition) is 1. The normalized spacial score (nSPS) is 10.7. The van der Waals surface area contributed by atoms with E-state index in [-0.39, 0.29) is 5.82 Å². The Bertz CT molecular complexity index is 593. The van der Waals surface area contributed by atoms with Crippen LogP contribution in [-0.4, -0.2) is 19.1 Å². The molecule has 0 aliphatic heterocycles. The van der Waals surface area contributed by atoms with Crippen LogP contribution in [0.4, 0.5) is 15.9 Å². The van der Waals surface area contributed by atoms with Crippen molar-refractivity contribution < 1.29 is 4.39 Å². The van der Waals surface area contributed by atoms with Crippen molar-refractivity contribution in [2.45, 2.75) is 20.4 Å². The van der Waals surface area contributed by atoms with Crippen molar-refractivity contribution in [3.05, 3.63) is 53.0 Å². The molecule has 0 atom stereocenters. The fourth-order valence-corrected chi connectivity index (χ4v) is 2.30. The molecule has 20 heavy (non-hydrogen) atoms. The van der Waals surface area contributed by atoms with Crippen LogP contribution in [0.2, 0.25) is 0 Å². The van der Waals surface area contributed by atoms with Crippen LogP contribution in [0.25, 0.3) is 0 Å². The van der Waals surface area contributed by atoms with Crippen LogP contribution in [0.5, 0.6) is 0 Å². The Morgan fingerprint density at radius 3 is 2.45 bits per heavy atom. The number of aryl methyl sites for hydroxylation is 2. The summed E-state index contributed by atoms with van der Waals surface area (Å²) in [5.74, 6) is 0.675. The summed E-state index contributed by atoms with van der Waals surface area (Å²) in [6, 6.07) is 8.53. The van der Waals surface area contributed by atoms with Crippen LogP contribution >= 0.6 is 0 Å². The van der Waals surface area contributed by atoms with Gasteiger partial charge in [0.1, 0.15) is 11.6 Å². The van der Waals surface area contributed by atoms with Gasteiger partial charge in [-0.15, -0.1) is 0 Å². The minimum atomic E-state index is -0.231. The molecule has 2 aromatic rings. The van der Waals surface area contributed by atoms with Crippen LogP contribution in [0.3, 0.4) is 0 Å². The van der Waals surface area contributed by atoms with Gasteiger partial charge in [-0.05, 0) is 56.8 Å². The summed E-state index contributed by atoms with van der Waals surface area (Å²) in [4.78, 5) is 6.64. The maximum Gasteiger partial charge on any atom is 0.137 e. The third-order valence-electron chi connectivity index (χ3n) is 3.34. The van der Waals surface area contributed by atoms with Gasteiger partial charge in [-0.25, -0.2) is 9.37 Å². The number of nitrogens with one attached hydrogen (secondary N) is 1. The lowest BCUT2D eigenvalue weighted by Gasteiger charge is -2.23. The van der Waals surface area contributed by atoms with E-state index in [1.54, 1.807) is 12.1 Å². The van der Waals surface area contributed by atoms with Crippen LogP contribution in [0, 0.1) is 19.7 Å². The summed E-state index contributed by atoms with van der Waals surface area (Å²) in [7, 11) is 3.87. The van der Waals surface area contributed by atoms with Gasteiger partial charge >= 0.3 is 0 Å². The lowest BCUT2D eigenvalue weighted by Crippen LogP contribution is -2.18. The highest BCUT2D eigenvalue weighted by Crippen LogP contribution is 2.27. The molecule has 1 aromatic carbocycles. The molecule has 2 rings (SSSR count). The molecule has 0 radical (unpaired) electrons. The van der Waals surface area contributed by atoms with Gasteiger partial charge < -0.3 is 10.2 Å². The van der Waals surface area contributed by atoms with E-state index in [0.29, 0.717) is 0 Å². The van der Waals surface area contributed by atoms with Crippen molar-refractivity contribution in [1.29, 1.82) is 0 Å². The molecule has 0 saturated carbocycles. The van der Waals surface area contributed by atoms with Crippen LogP contribution in [0.15, 0.2) is 30.3 Å². The van der Waals surface area contributed by atoms with Gasteiger partial charge in [-0.1, -0.05) is 0 Å². The largest absolute Gasteiger partial charge is 0.329 e. The predicted molar refractivity (Wildman–Crippen MR) is 80.9 cm³/mol. The summed E-state index contributed by atoms with van der Waals surface area (Å²) in [6.07, 6.45) is 0. The van der Waals surface area contributed by atoms with Gasteiger partial charge in [0.15, 0.2) is 0 Å². The summed E-state index contributed by atoms with van der Waals surface area (Å²) < 4.78 is 13.0. The Morgan fingerprint density at radius 1 is 1.20 bits per heavy atom. The molecule has 4 heteroatoms. The molecule has 0 amide bonds. The number of aromatic nitrogens is 1. The van der Waals surface area contributed by atoms with Gasteiger partial charge in [0, 0.05) is 30.5 Å². The minimum absolute atomic E-state index is 0.231. The molecule has 106 valence electrons. The second kappa shape index (κ2) is 6.01. The smallest absolute Gasteiger partial charge is 0.137 e. The summed E-state index contributed by atoms with van der Waals surface area (Å²) in [6.45, 7) is 4.82. The Balaban J connectivity index is 2.47. The number of benzene rings is 1. The maximum absolute atomic E-state index is 13.0. The number of halogens is 1. The second-order valence-corrected chi connectivity index (χ2v) is 4.95. The van der Waals surface area contributed by atoms with Gasteiger partial charge in [0.05, 0.1) is 0 Å². The van der Waals surface area contributed by atoms with E-state index >= 15 is 0 Å². The SMILES string of the molecule is CNCc1c(C)cc(C)nc1N(C)c1ccc(F)cc1. The van der Waals surface area contributed by atoms with Crippen molar-refractivity contribution in [2.75, 3.05) is 19.0 Å². The van der Waals surface area contributed by atoms with Gasteiger partial charge in [0.25, 0.3) is 0 Å². The molecule has 1 heterocycles. The topological polar surface area (TPSA) is 28.2 Å². The first kappa shape index (κ1) is 14.5. The van der Waals surface area contributed by atoms with Gasteiger partial charge in [0.2, 0.25) is 0 Å². The van der Waals surface area contributed by atoms with Crippen molar-refractivity contribution in [1.82, 2.24) is 10.3 Å². The summed E-state index contributed by atoms with van der Waals surface area (Å²) >= 11 is 0. The molecule has 3 nitrogen and oxygen atoms in total. The van der Waals surface area contributed by atoms with Gasteiger partial charge in [-0.2, -0.15) is 0 Å². The molecular weight excluding hydrogens is 253 g/mol. The highest BCUT2D eigenvalue weighted by molar-refractivity contribution is 5.63. The number of nitrogens with zero attached hydrogens (tertiary/aromatic N) is 2. The molecule has 1 aromatic heterocycles. The molecule has 0 saturated heterocycles. The van der Waals surface area contributed by atoms with Crippen LogP contribution < -0.4 is 10.2 Å². The third-order valence-corrected chi connectivity index (χ3v) is 3.34. The molecule has 0 aliphatic carbocycles. The summed E-state index contributed by atoms with van der Waals surface area (Å²) in [5.41, 5.74) is 4.26. The van der Waals surface area contributed by atoms with Crippen molar-refractivity contribution >= 4 is 11.5 Å². The minimum Gasteiger partial charge on any atom is -0.329 e. The van der Waals surface area contributed by atoms with Crippen molar-refractivity contribution in [3.63, 3.8) is 0 Å². The van der Waals surface area contributed by atoms with E-state index in [1.165, 1.54) is 17.7 Å². The Morgan fingerprint density at radius 2 is 1.85 bits per heavy atom. The highest BCUT2D eigenvalue weighted by atomic mass is 19.1. The molecule has 0 spiro atoms. The van der Waals surface area contributed by atoms with Crippen molar-refractivity contribution in [2.24, 2.45) is 0 Å². The van der Waals surface area contributed by atoms with Crippen molar-refractivity contribution in [3.8, 4) is 0 Å². The molecule has 1 N–H and O–H groups in total. The fraction of sp³-hybridized carbons (Fsp3) is 0.312. The van der Waals surface area contributed by atoms with E-state index in [4.69, 9.17) is 0 Å². The molecule has 0 fully saturated rings. The Kier molecular flexibility index (Phi) is 4.35. The third kappa shape index (κ3) is 2.96. The number of hydrogen-bond acceptors (Lipinski definition) is 3. The first-order valence-corrected chi connectivity index (χ1v) is 6.64. The fourth-order valence-electron chi connectivity index (χ4n) is 2.30. The number of pyridine rings is 1. The van der Waals surface area contributed by atoms with E-state index in [1.807, 2.05) is 25.9 Å². The second-order valence-electron chi connectivity index (χ2n) is 4.95. The average Bonchev–Trinajstić information content (AvgIpc) is 2.41. The number of anilines is 2. The molecule has 0 aliphatic rings. The zero-order valence-corrected chi connectivity index (χ0v) is 12.4. The predicted octanol–water partition coefficient (Wildman–Crippen LogP) is 3.32. The molecular formula is C16H20FN3. The zero-order valence-electron chi connectivity index (χ0n) is 12.4. The maximum atomic E-state index is 13.0. The molecule has 0 unspecified atom stereocenters. The Labute approximate surface area is 119 Å². The quantitative estimate of drug-likeness (QED) is 0.926. The highest BCUT2D eigenvalue weighted by Gasteiger charge is 2.13. The molecule has 0 bridgehead atoms. The number of rotatable bonds is 4. The lowest BCUT2D eigenvalue weighted by molar-refractivity contribution is 0.628. The standard InChI is InChI=1S/C16H20FN3/c1-11-9-12(2)19-16(15(11)10-18-3)20(4)14-7-5-13(17)6-8-14/h5-9,18H,10H2,1-4H3. The van der Waals surface area contributed by atoms with Crippen LogP contribution in [0.1, 0.15) is 16.8 Å². The monoisotopic (exact) mass is 273 g/mol. The zero-order chi connectivity index (χ0) is 14.7. The summed E-state index contributed by atoms with van der Waals surface area (Å²) in [5, 5.41) is 3.17. The Hall–Kier alpha value is -1.94. The average molecular weight is 273 g/mol. The first-order chi connectivity index (χ1) is 9.52. The van der Waals surface area contributed by atoms with E-state index in [9.17, 15) is 4.39 Å². The van der Waals surface area contributed by atoms with E-state index < -0.39 is 0 Å². The lowest BCUT2D eigenvalue weighted by atomic mass is 10.1.